The summed E-state index contributed by atoms with van der Waals surface area (Å²) in [5.41, 5.74) is 0.974. The van der Waals surface area contributed by atoms with Crippen LogP contribution in [0.15, 0.2) is 48.7 Å². The van der Waals surface area contributed by atoms with Crippen molar-refractivity contribution in [3.05, 3.63) is 75.3 Å². The average Bonchev–Trinajstić information content (AvgIpc) is 3.41. The van der Waals surface area contributed by atoms with Crippen molar-refractivity contribution in [1.29, 1.82) is 5.26 Å². The number of likely N-dealkylation sites (N-methyl/N-ethyl adjacent to an activating group) is 1. The minimum absolute atomic E-state index is 0.0118. The van der Waals surface area contributed by atoms with Gasteiger partial charge in [0.2, 0.25) is 5.91 Å². The van der Waals surface area contributed by atoms with Gasteiger partial charge in [0.15, 0.2) is 5.69 Å². The van der Waals surface area contributed by atoms with E-state index in [2.05, 4.69) is 11.2 Å². The van der Waals surface area contributed by atoms with Crippen molar-refractivity contribution in [2.45, 2.75) is 18.6 Å². The lowest BCUT2D eigenvalue weighted by Gasteiger charge is -2.33. The van der Waals surface area contributed by atoms with Crippen LogP contribution in [-0.2, 0) is 24.6 Å². The molecular weight excluding hydrogens is 475 g/mol. The van der Waals surface area contributed by atoms with Crippen molar-refractivity contribution in [1.82, 2.24) is 19.6 Å². The summed E-state index contributed by atoms with van der Waals surface area (Å²) in [4.78, 5) is 18.0. The summed E-state index contributed by atoms with van der Waals surface area (Å²) in [6.45, 7) is 1.25. The van der Waals surface area contributed by atoms with Crippen molar-refractivity contribution in [2.24, 2.45) is 7.05 Å². The van der Waals surface area contributed by atoms with E-state index in [9.17, 15) is 23.2 Å². The van der Waals surface area contributed by atoms with Gasteiger partial charge in [-0.05, 0) is 36.9 Å². The second-order valence-electron chi connectivity index (χ2n) is 8.69. The van der Waals surface area contributed by atoms with E-state index in [1.165, 1.54) is 30.7 Å². The number of hydrogen-bond donors (Lipinski definition) is 0. The van der Waals surface area contributed by atoms with Gasteiger partial charge in [-0.25, -0.2) is 0 Å². The first-order valence-corrected chi connectivity index (χ1v) is 11.7. The van der Waals surface area contributed by atoms with Crippen LogP contribution in [-0.4, -0.2) is 52.7 Å². The van der Waals surface area contributed by atoms with Crippen LogP contribution in [0.25, 0.3) is 11.1 Å². The third kappa shape index (κ3) is 5.16. The van der Waals surface area contributed by atoms with E-state index in [1.54, 1.807) is 41.3 Å². The summed E-state index contributed by atoms with van der Waals surface area (Å²) in [7, 11) is 5.26. The van der Waals surface area contributed by atoms with E-state index in [4.69, 9.17) is 0 Å². The van der Waals surface area contributed by atoms with Gasteiger partial charge in [-0.1, -0.05) is 30.3 Å². The molecule has 1 atom stereocenters. The summed E-state index contributed by atoms with van der Waals surface area (Å²) in [6, 6.07) is 10.9. The Morgan fingerprint density at radius 1 is 1.29 bits per heavy atom. The Morgan fingerprint density at radius 3 is 2.71 bits per heavy atom. The molecule has 0 unspecified atom stereocenters. The molecule has 0 aliphatic carbocycles. The third-order valence-electron chi connectivity index (χ3n) is 5.83. The number of nitriles is 1. The molecule has 4 rings (SSSR count). The second kappa shape index (κ2) is 9.68. The number of benzene rings is 1. The topological polar surface area (TPSA) is 65.2 Å². The minimum Gasteiger partial charge on any atom is -0.333 e. The van der Waals surface area contributed by atoms with Gasteiger partial charge in [-0.3, -0.25) is 9.48 Å². The van der Waals surface area contributed by atoms with Gasteiger partial charge in [0, 0.05) is 48.8 Å². The Hall–Kier alpha value is -3.42. The predicted molar refractivity (Wildman–Crippen MR) is 128 cm³/mol. The molecule has 0 spiro atoms. The van der Waals surface area contributed by atoms with Crippen LogP contribution in [0.2, 0.25) is 0 Å². The van der Waals surface area contributed by atoms with Gasteiger partial charge in [0.25, 0.3) is 0 Å². The van der Waals surface area contributed by atoms with Gasteiger partial charge in [0.05, 0.1) is 6.54 Å². The largest absolute Gasteiger partial charge is 0.435 e. The highest BCUT2D eigenvalue weighted by molar-refractivity contribution is 7.12. The van der Waals surface area contributed by atoms with Gasteiger partial charge in [0.1, 0.15) is 10.9 Å². The molecule has 2 aromatic heterocycles. The first-order chi connectivity index (χ1) is 16.6. The predicted octanol–water partition coefficient (Wildman–Crippen LogP) is 4.63. The zero-order chi connectivity index (χ0) is 25.3. The van der Waals surface area contributed by atoms with E-state index in [1.807, 2.05) is 19.0 Å². The Balaban J connectivity index is 1.80. The number of nitrogens with zero attached hydrogens (tertiary/aromatic N) is 5. The van der Waals surface area contributed by atoms with Gasteiger partial charge < -0.3 is 9.80 Å². The molecule has 10 heteroatoms. The highest BCUT2D eigenvalue weighted by Gasteiger charge is 2.39. The molecule has 0 N–H and O–H groups in total. The molecule has 1 amide bonds. The summed E-state index contributed by atoms with van der Waals surface area (Å²) >= 11 is 1.31. The van der Waals surface area contributed by atoms with Crippen LogP contribution < -0.4 is 0 Å². The van der Waals surface area contributed by atoms with E-state index in [-0.39, 0.29) is 17.4 Å². The van der Waals surface area contributed by atoms with Gasteiger partial charge in [-0.15, -0.1) is 11.3 Å². The molecule has 6 nitrogen and oxygen atoms in total. The zero-order valence-electron chi connectivity index (χ0n) is 19.5. The number of alkyl halides is 3. The molecule has 3 heterocycles. The standard InChI is InChI=1S/C25H24F3N5OS/c1-31(2)10-6-9-23(34)33-14-20(19-11-16(12-29)35-22(19)15-33)17-7-4-5-8-18(17)21-13-32(3)30-24(21)25(26,27)28/h4-9,11,13,20H,10,14-15H2,1-3H3/b9-6+/t20-/m0/s1. The molecule has 1 aliphatic heterocycles. The Morgan fingerprint density at radius 2 is 2.03 bits per heavy atom. The van der Waals surface area contributed by atoms with Gasteiger partial charge in [-0.2, -0.15) is 23.5 Å². The summed E-state index contributed by atoms with van der Waals surface area (Å²) < 4.78 is 42.5. The maximum atomic E-state index is 13.8. The molecule has 0 saturated carbocycles. The molecule has 35 heavy (non-hydrogen) atoms. The number of halogens is 3. The molecule has 182 valence electrons. The number of rotatable bonds is 5. The fourth-order valence-electron chi connectivity index (χ4n) is 4.32. The molecule has 0 saturated heterocycles. The third-order valence-corrected chi connectivity index (χ3v) is 6.87. The summed E-state index contributed by atoms with van der Waals surface area (Å²) in [5.74, 6) is -0.565. The number of carbonyl (C=O) groups excluding carboxylic acids is 1. The van der Waals surface area contributed by atoms with Crippen molar-refractivity contribution in [3.63, 3.8) is 0 Å². The first-order valence-electron chi connectivity index (χ1n) is 10.9. The summed E-state index contributed by atoms with van der Waals surface area (Å²) in [5, 5.41) is 13.1. The smallest absolute Gasteiger partial charge is 0.333 e. The maximum absolute atomic E-state index is 13.8. The normalized spacial score (nSPS) is 16.1. The van der Waals surface area contributed by atoms with Crippen molar-refractivity contribution in [3.8, 4) is 17.2 Å². The average molecular weight is 500 g/mol. The van der Waals surface area contributed by atoms with Crippen LogP contribution in [0.3, 0.4) is 0 Å². The highest BCUT2D eigenvalue weighted by atomic mass is 32.1. The number of amides is 1. The van der Waals surface area contributed by atoms with Crippen LogP contribution in [0.5, 0.6) is 0 Å². The van der Waals surface area contributed by atoms with Crippen LogP contribution in [0.1, 0.15) is 32.5 Å². The lowest BCUT2D eigenvalue weighted by atomic mass is 9.83. The van der Waals surface area contributed by atoms with E-state index < -0.39 is 11.9 Å². The molecular formula is C25H24F3N5OS. The zero-order valence-corrected chi connectivity index (χ0v) is 20.3. The molecule has 1 aromatic carbocycles. The number of carbonyl (C=O) groups is 1. The molecule has 0 fully saturated rings. The van der Waals surface area contributed by atoms with Crippen molar-refractivity contribution in [2.75, 3.05) is 27.2 Å². The van der Waals surface area contributed by atoms with E-state index in [0.29, 0.717) is 35.6 Å². The molecule has 0 radical (unpaired) electrons. The maximum Gasteiger partial charge on any atom is 0.435 e. The molecule has 3 aromatic rings. The lowest BCUT2D eigenvalue weighted by Crippen LogP contribution is -2.37. The second-order valence-corrected chi connectivity index (χ2v) is 9.82. The molecule has 1 aliphatic rings. The Kier molecular flexibility index (Phi) is 6.83. The first kappa shape index (κ1) is 24.7. The number of hydrogen-bond acceptors (Lipinski definition) is 5. The number of fused-ring (bicyclic) bond motifs is 1. The Bertz CT molecular complexity index is 1320. The highest BCUT2D eigenvalue weighted by Crippen LogP contribution is 2.44. The van der Waals surface area contributed by atoms with E-state index >= 15 is 0 Å². The fraction of sp³-hybridized carbons (Fsp3) is 0.320. The van der Waals surface area contributed by atoms with E-state index in [0.717, 1.165) is 15.1 Å². The monoisotopic (exact) mass is 499 g/mol. The summed E-state index contributed by atoms with van der Waals surface area (Å²) in [6.07, 6.45) is 0.0560. The number of aromatic nitrogens is 2. The van der Waals surface area contributed by atoms with Gasteiger partial charge >= 0.3 is 6.18 Å². The van der Waals surface area contributed by atoms with Crippen LogP contribution in [0.4, 0.5) is 13.2 Å². The quantitative estimate of drug-likeness (QED) is 0.480. The van der Waals surface area contributed by atoms with Crippen LogP contribution in [0, 0.1) is 11.3 Å². The fourth-order valence-corrected chi connectivity index (χ4v) is 5.35. The number of thiophene rings is 1. The number of aryl methyl sites for hydroxylation is 1. The van der Waals surface area contributed by atoms with Crippen LogP contribution >= 0.6 is 11.3 Å². The van der Waals surface area contributed by atoms with Crippen molar-refractivity contribution < 1.29 is 18.0 Å². The lowest BCUT2D eigenvalue weighted by molar-refractivity contribution is -0.141. The molecule has 0 bridgehead atoms. The SMILES string of the molecule is CN(C)C/C=C/C(=O)N1Cc2sc(C#N)cc2[C@H](c2ccccc2-c2cn(C)nc2C(F)(F)F)C1. The van der Waals surface area contributed by atoms with Crippen molar-refractivity contribution >= 4 is 17.2 Å². The minimum atomic E-state index is -4.61. The Labute approximate surface area is 205 Å².